The van der Waals surface area contributed by atoms with Gasteiger partial charge in [-0.05, 0) is 7.05 Å². The minimum atomic E-state index is -1.16. The molecule has 0 aromatic carbocycles. The summed E-state index contributed by atoms with van der Waals surface area (Å²) in [7, 11) is 1.47. The standard InChI is InChI=1S/C9H15N3O6/c1-12(4-6(13)10-2-8(15)16)5-7(14)11-3-9(17)18/h2-5H2,1H3,(H,10,13)(H,11,14)(H,15,16)(H,17,18)/i2+1,8+1,10+1. The van der Waals surface area contributed by atoms with Crippen molar-refractivity contribution in [3.05, 3.63) is 0 Å². The second kappa shape index (κ2) is 8.01. The van der Waals surface area contributed by atoms with E-state index in [9.17, 15) is 19.2 Å². The summed E-state index contributed by atoms with van der Waals surface area (Å²) >= 11 is 0. The molecule has 18 heavy (non-hydrogen) atoms. The molecular formula is C9H15N3O6. The lowest BCUT2D eigenvalue weighted by molar-refractivity contribution is -0.138. The third kappa shape index (κ3) is 9.09. The number of carboxylic acids is 2. The van der Waals surface area contributed by atoms with Crippen LogP contribution in [0.1, 0.15) is 0 Å². The molecule has 0 rings (SSSR count). The number of hydrogen-bond donors (Lipinski definition) is 4. The van der Waals surface area contributed by atoms with Gasteiger partial charge < -0.3 is 20.8 Å². The number of amides is 2. The number of carbonyl (C=O) groups excluding carboxylic acids is 2. The van der Waals surface area contributed by atoms with Gasteiger partial charge in [-0.2, -0.15) is 0 Å². The molecule has 0 unspecified atom stereocenters. The Bertz CT molecular complexity index is 311. The average Bonchev–Trinajstić information content (AvgIpc) is 2.23. The molecule has 0 saturated carbocycles. The molecule has 4 N–H and O–H groups in total. The molecule has 0 aliphatic carbocycles. The molecule has 0 fully saturated rings. The van der Waals surface area contributed by atoms with Crippen molar-refractivity contribution in [2.24, 2.45) is 0 Å². The minimum Gasteiger partial charge on any atom is -0.480 e. The third-order valence-corrected chi connectivity index (χ3v) is 1.70. The number of hydrogen-bond acceptors (Lipinski definition) is 5. The highest BCUT2D eigenvalue weighted by Crippen LogP contribution is 1.82. The van der Waals surface area contributed by atoms with E-state index in [1.165, 1.54) is 11.9 Å². The van der Waals surface area contributed by atoms with Crippen molar-refractivity contribution in [3.63, 3.8) is 0 Å². The summed E-state index contributed by atoms with van der Waals surface area (Å²) in [6, 6.07) is 0. The molecule has 0 bridgehead atoms. The Balaban J connectivity index is 3.84. The van der Waals surface area contributed by atoms with E-state index in [2.05, 4.69) is 10.6 Å². The zero-order valence-electron chi connectivity index (χ0n) is 9.80. The van der Waals surface area contributed by atoms with Crippen LogP contribution in [0.25, 0.3) is 0 Å². The number of rotatable bonds is 8. The third-order valence-electron chi connectivity index (χ3n) is 1.70. The van der Waals surface area contributed by atoms with E-state index in [4.69, 9.17) is 10.2 Å². The molecule has 0 saturated heterocycles. The number of carboxylic acid groups (broad SMARTS) is 2. The first kappa shape index (κ1) is 15.8. The number of likely N-dealkylation sites (N-methyl/N-ethyl adjacent to an activating group) is 1. The summed E-state index contributed by atoms with van der Waals surface area (Å²) in [6.45, 7) is -1.29. The Labute approximate surface area is 103 Å². The Hall–Kier alpha value is -2.16. The number of nitrogens with zero attached hydrogens (tertiary/aromatic N) is 1. The van der Waals surface area contributed by atoms with Gasteiger partial charge in [0.2, 0.25) is 11.8 Å². The van der Waals surface area contributed by atoms with Gasteiger partial charge in [-0.3, -0.25) is 24.1 Å². The predicted molar refractivity (Wildman–Crippen MR) is 58.8 cm³/mol. The second-order valence-corrected chi connectivity index (χ2v) is 3.51. The Morgan fingerprint density at radius 1 is 0.889 bits per heavy atom. The molecule has 0 aromatic heterocycles. The lowest BCUT2D eigenvalue weighted by Gasteiger charge is -2.15. The fourth-order valence-corrected chi connectivity index (χ4v) is 1.01. The highest BCUT2D eigenvalue weighted by Gasteiger charge is 2.11. The highest BCUT2D eigenvalue weighted by molar-refractivity contribution is 5.84. The van der Waals surface area contributed by atoms with Crippen LogP contribution in [0.5, 0.6) is 0 Å². The molecule has 0 aromatic rings. The highest BCUT2D eigenvalue weighted by atomic mass is 16.5. The van der Waals surface area contributed by atoms with Gasteiger partial charge in [0.25, 0.3) is 0 Å². The van der Waals surface area contributed by atoms with Crippen molar-refractivity contribution in [1.82, 2.24) is 15.5 Å². The molecule has 0 aliphatic heterocycles. The van der Waals surface area contributed by atoms with Crippen LogP contribution in [0.15, 0.2) is 0 Å². The molecule has 9 nitrogen and oxygen atoms in total. The molecule has 0 atom stereocenters. The van der Waals surface area contributed by atoms with Gasteiger partial charge in [-0.25, -0.2) is 0 Å². The van der Waals surface area contributed by atoms with Crippen LogP contribution in [0.2, 0.25) is 0 Å². The lowest BCUT2D eigenvalue weighted by atomic mass is 10.4. The van der Waals surface area contributed by atoms with Crippen LogP contribution in [0.3, 0.4) is 0 Å². The topological polar surface area (TPSA) is 136 Å². The zero-order valence-corrected chi connectivity index (χ0v) is 9.80. The smallest absolute Gasteiger partial charge is 0.322 e. The van der Waals surface area contributed by atoms with Gasteiger partial charge in [0.15, 0.2) is 0 Å². The van der Waals surface area contributed by atoms with Gasteiger partial charge in [0, 0.05) is 0 Å². The fraction of sp³-hybridized carbons (Fsp3) is 0.556. The second-order valence-electron chi connectivity index (χ2n) is 3.51. The van der Waals surface area contributed by atoms with Gasteiger partial charge in [0.05, 0.1) is 13.1 Å². The maximum Gasteiger partial charge on any atom is 0.322 e. The van der Waals surface area contributed by atoms with Crippen molar-refractivity contribution >= 4 is 23.8 Å². The average molecular weight is 264 g/mol. The van der Waals surface area contributed by atoms with Crippen LogP contribution in [-0.2, 0) is 19.2 Å². The molecule has 0 spiro atoms. The Morgan fingerprint density at radius 3 is 1.50 bits per heavy atom. The lowest BCUT2D eigenvalue weighted by Crippen LogP contribution is -2.42. The van der Waals surface area contributed by atoms with Gasteiger partial charge in [-0.15, -0.1) is 0 Å². The molecule has 0 heterocycles. The van der Waals surface area contributed by atoms with E-state index >= 15 is 0 Å². The first-order valence-corrected chi connectivity index (χ1v) is 4.96. The Kier molecular flexibility index (Phi) is 7.05. The zero-order chi connectivity index (χ0) is 14.1. The van der Waals surface area contributed by atoms with Crippen LogP contribution in [0.4, 0.5) is 0 Å². The van der Waals surface area contributed by atoms with Gasteiger partial charge >= 0.3 is 11.9 Å². The van der Waals surface area contributed by atoms with E-state index < -0.39 is 36.8 Å². The molecular weight excluding hydrogens is 249 g/mol. The van der Waals surface area contributed by atoms with Crippen LogP contribution < -0.4 is 10.6 Å². The summed E-state index contributed by atoms with van der Waals surface area (Å²) in [5, 5.41) is 20.9. The van der Waals surface area contributed by atoms with Gasteiger partial charge in [-0.1, -0.05) is 0 Å². The van der Waals surface area contributed by atoms with Crippen molar-refractivity contribution in [2.75, 3.05) is 33.2 Å². The molecule has 0 radical (unpaired) electrons. The van der Waals surface area contributed by atoms with E-state index in [1.807, 2.05) is 0 Å². The first-order chi connectivity index (χ1) is 8.31. The summed E-state index contributed by atoms with van der Waals surface area (Å²) in [5.74, 6) is -3.40. The van der Waals surface area contributed by atoms with Gasteiger partial charge in [0.1, 0.15) is 13.1 Å². The summed E-state index contributed by atoms with van der Waals surface area (Å²) in [4.78, 5) is 44.0. The van der Waals surface area contributed by atoms with Crippen LogP contribution >= 0.6 is 0 Å². The first-order valence-electron chi connectivity index (χ1n) is 4.96. The minimum absolute atomic E-state index is 0.159. The molecule has 102 valence electrons. The molecule has 2 amide bonds. The summed E-state index contributed by atoms with van der Waals surface area (Å²) in [5.41, 5.74) is 0. The van der Waals surface area contributed by atoms with Crippen molar-refractivity contribution in [3.8, 4) is 0 Å². The Morgan fingerprint density at radius 2 is 1.22 bits per heavy atom. The molecule has 0 aliphatic rings. The number of aliphatic carboxylic acids is 2. The SMILES string of the molecule is CN(CC(=O)NCC(=O)O)CC(=O)[15NH][13CH2][13C](=O)O. The van der Waals surface area contributed by atoms with E-state index in [-0.39, 0.29) is 13.1 Å². The normalized spacial score (nSPS) is 9.89. The molecule has 9 heteroatoms. The van der Waals surface area contributed by atoms with Crippen LogP contribution in [-0.4, -0.2) is 72.1 Å². The number of carbonyl (C=O) groups is 4. The monoisotopic (exact) mass is 264 g/mol. The van der Waals surface area contributed by atoms with E-state index in [1.54, 1.807) is 0 Å². The van der Waals surface area contributed by atoms with E-state index in [0.29, 0.717) is 0 Å². The largest absolute Gasteiger partial charge is 0.480 e. The maximum atomic E-state index is 11.2. The summed E-state index contributed by atoms with van der Waals surface area (Å²) < 4.78 is 0. The number of nitrogens with one attached hydrogen (secondary N) is 2. The van der Waals surface area contributed by atoms with Crippen molar-refractivity contribution < 1.29 is 29.4 Å². The van der Waals surface area contributed by atoms with Crippen molar-refractivity contribution in [1.29, 1.82) is 0 Å². The van der Waals surface area contributed by atoms with E-state index in [0.717, 1.165) is 0 Å². The van der Waals surface area contributed by atoms with Crippen LogP contribution in [0, 0.1) is 0 Å². The predicted octanol–water partition coefficient (Wildman–Crippen LogP) is -2.68. The fourth-order valence-electron chi connectivity index (χ4n) is 1.01. The maximum absolute atomic E-state index is 11.2. The summed E-state index contributed by atoms with van der Waals surface area (Å²) in [6.07, 6.45) is 0. The quantitative estimate of drug-likeness (QED) is 0.277. The van der Waals surface area contributed by atoms with Crippen molar-refractivity contribution in [2.45, 2.75) is 0 Å².